The smallest absolute Gasteiger partial charge is 0.0541 e. The topological polar surface area (TPSA) is 9.86 Å². The molecule has 0 fully saturated rings. The Hall–Kier alpha value is -5.08. The number of nitrogens with zero attached hydrogens (tertiary/aromatic N) is 2. The highest BCUT2D eigenvalue weighted by atomic mass is 15.0. The monoisotopic (exact) mass is 498 g/mol. The van der Waals surface area contributed by atoms with Crippen molar-refractivity contribution in [3.8, 4) is 22.5 Å². The van der Waals surface area contributed by atoms with Gasteiger partial charge in [0.05, 0.1) is 22.1 Å². The van der Waals surface area contributed by atoms with E-state index in [-0.39, 0.29) is 0 Å². The van der Waals surface area contributed by atoms with Gasteiger partial charge < -0.3 is 9.13 Å². The molecule has 0 atom stereocenters. The zero-order valence-electron chi connectivity index (χ0n) is 21.7. The highest BCUT2D eigenvalue weighted by Gasteiger charge is 2.14. The maximum absolute atomic E-state index is 2.39. The second-order valence-electron chi connectivity index (χ2n) is 10.3. The molecule has 0 saturated carbocycles. The molecular formula is C37H26N2. The third-order valence-electron chi connectivity index (χ3n) is 7.95. The molecule has 0 spiro atoms. The lowest BCUT2D eigenvalue weighted by molar-refractivity contribution is 1.17. The Kier molecular flexibility index (Phi) is 4.77. The predicted octanol–water partition coefficient (Wildman–Crippen LogP) is 9.86. The van der Waals surface area contributed by atoms with Crippen LogP contribution >= 0.6 is 0 Å². The molecule has 0 radical (unpaired) electrons. The van der Waals surface area contributed by atoms with Gasteiger partial charge in [-0.25, -0.2) is 0 Å². The predicted molar refractivity (Wildman–Crippen MR) is 165 cm³/mol. The fraction of sp³-hybridized carbons (Fsp3) is 0.0270. The van der Waals surface area contributed by atoms with Crippen LogP contribution in [0.2, 0.25) is 0 Å². The minimum absolute atomic E-state index is 1.17. The van der Waals surface area contributed by atoms with Gasteiger partial charge in [0.1, 0.15) is 0 Å². The summed E-state index contributed by atoms with van der Waals surface area (Å²) in [5.41, 5.74) is 10.9. The van der Waals surface area contributed by atoms with E-state index < -0.39 is 0 Å². The van der Waals surface area contributed by atoms with Crippen LogP contribution in [0.15, 0.2) is 140 Å². The molecule has 184 valence electrons. The Balaban J connectivity index is 1.31. The first-order valence-electron chi connectivity index (χ1n) is 13.5. The maximum Gasteiger partial charge on any atom is 0.0541 e. The van der Waals surface area contributed by atoms with E-state index >= 15 is 0 Å². The Morgan fingerprint density at radius 3 is 1.31 bits per heavy atom. The molecular weight excluding hydrogens is 472 g/mol. The summed E-state index contributed by atoms with van der Waals surface area (Å²) in [4.78, 5) is 0. The van der Waals surface area contributed by atoms with Crippen LogP contribution in [-0.4, -0.2) is 9.13 Å². The van der Waals surface area contributed by atoms with E-state index in [2.05, 4.69) is 156 Å². The van der Waals surface area contributed by atoms with E-state index in [4.69, 9.17) is 0 Å². The number of benzene rings is 6. The molecule has 0 saturated heterocycles. The zero-order chi connectivity index (χ0) is 25.9. The van der Waals surface area contributed by atoms with E-state index in [9.17, 15) is 0 Å². The highest BCUT2D eigenvalue weighted by Crippen LogP contribution is 2.35. The Bertz CT molecular complexity index is 2140. The first-order valence-corrected chi connectivity index (χ1v) is 13.5. The second-order valence-corrected chi connectivity index (χ2v) is 10.3. The van der Waals surface area contributed by atoms with Crippen LogP contribution in [0, 0.1) is 6.92 Å². The van der Waals surface area contributed by atoms with Crippen LogP contribution in [0.25, 0.3) is 66.1 Å². The van der Waals surface area contributed by atoms with Crippen molar-refractivity contribution >= 4 is 43.6 Å². The van der Waals surface area contributed by atoms with E-state index in [1.807, 2.05) is 0 Å². The quantitative estimate of drug-likeness (QED) is 0.229. The van der Waals surface area contributed by atoms with Gasteiger partial charge in [-0.1, -0.05) is 90.5 Å². The SMILES string of the molecule is Cc1ccc2c(c1)c1ccccc1n2-c1cccc(-c2cccc(-n3c4ccccc4c4ccccc43)c2)c1. The van der Waals surface area contributed by atoms with Gasteiger partial charge in [-0.3, -0.25) is 0 Å². The van der Waals surface area contributed by atoms with Crippen LogP contribution in [0.3, 0.4) is 0 Å². The summed E-state index contributed by atoms with van der Waals surface area (Å²) < 4.78 is 4.78. The zero-order valence-corrected chi connectivity index (χ0v) is 21.7. The minimum atomic E-state index is 1.17. The average Bonchev–Trinajstić information content (AvgIpc) is 3.50. The lowest BCUT2D eigenvalue weighted by atomic mass is 10.0. The van der Waals surface area contributed by atoms with Crippen LogP contribution in [0.4, 0.5) is 0 Å². The van der Waals surface area contributed by atoms with Crippen molar-refractivity contribution in [2.24, 2.45) is 0 Å². The molecule has 8 aromatic rings. The minimum Gasteiger partial charge on any atom is -0.309 e. The van der Waals surface area contributed by atoms with Gasteiger partial charge in [-0.05, 0) is 72.6 Å². The normalized spacial score (nSPS) is 11.7. The molecule has 0 amide bonds. The Morgan fingerprint density at radius 1 is 0.359 bits per heavy atom. The summed E-state index contributed by atoms with van der Waals surface area (Å²) in [7, 11) is 0. The van der Waals surface area contributed by atoms with Gasteiger partial charge in [-0.2, -0.15) is 0 Å². The van der Waals surface area contributed by atoms with E-state index in [1.165, 1.54) is 71.7 Å². The number of hydrogen-bond donors (Lipinski definition) is 0. The van der Waals surface area contributed by atoms with Crippen molar-refractivity contribution in [2.45, 2.75) is 6.92 Å². The first kappa shape index (κ1) is 22.0. The maximum atomic E-state index is 2.39. The summed E-state index contributed by atoms with van der Waals surface area (Å²) in [6, 6.07) is 50.6. The Morgan fingerprint density at radius 2 is 0.795 bits per heavy atom. The fourth-order valence-corrected chi connectivity index (χ4v) is 6.21. The summed E-state index contributed by atoms with van der Waals surface area (Å²) in [5.74, 6) is 0. The molecule has 39 heavy (non-hydrogen) atoms. The lowest BCUT2D eigenvalue weighted by Crippen LogP contribution is -1.96. The molecule has 0 N–H and O–H groups in total. The van der Waals surface area contributed by atoms with Crippen molar-refractivity contribution in [3.63, 3.8) is 0 Å². The summed E-state index contributed by atoms with van der Waals surface area (Å²) in [5, 5.41) is 5.14. The molecule has 0 aliphatic carbocycles. The van der Waals surface area contributed by atoms with Crippen molar-refractivity contribution in [3.05, 3.63) is 145 Å². The van der Waals surface area contributed by atoms with Crippen LogP contribution in [-0.2, 0) is 0 Å². The van der Waals surface area contributed by atoms with Gasteiger partial charge in [0.15, 0.2) is 0 Å². The molecule has 0 aliphatic rings. The molecule has 8 rings (SSSR count). The van der Waals surface area contributed by atoms with Crippen molar-refractivity contribution in [2.75, 3.05) is 0 Å². The van der Waals surface area contributed by atoms with Gasteiger partial charge in [0.25, 0.3) is 0 Å². The molecule has 0 bridgehead atoms. The molecule has 2 heteroatoms. The standard InChI is InChI=1S/C37H26N2/c1-25-20-21-37-33(22-25)32-16-4-7-19-36(32)39(37)29-13-9-11-27(24-29)26-10-8-12-28(23-26)38-34-17-5-2-14-30(34)31-15-3-6-18-35(31)38/h2-24H,1H3. The number of fused-ring (bicyclic) bond motifs is 6. The Labute approximate surface area is 227 Å². The molecule has 6 aromatic carbocycles. The fourth-order valence-electron chi connectivity index (χ4n) is 6.21. The van der Waals surface area contributed by atoms with E-state index in [0.29, 0.717) is 0 Å². The van der Waals surface area contributed by atoms with Crippen molar-refractivity contribution < 1.29 is 0 Å². The van der Waals surface area contributed by atoms with Gasteiger partial charge in [0.2, 0.25) is 0 Å². The van der Waals surface area contributed by atoms with Crippen molar-refractivity contribution in [1.82, 2.24) is 9.13 Å². The summed E-state index contributed by atoms with van der Waals surface area (Å²) in [6.45, 7) is 2.16. The number of aromatic nitrogens is 2. The number of rotatable bonds is 3. The number of para-hydroxylation sites is 3. The lowest BCUT2D eigenvalue weighted by Gasteiger charge is -2.12. The largest absolute Gasteiger partial charge is 0.309 e. The van der Waals surface area contributed by atoms with Gasteiger partial charge >= 0.3 is 0 Å². The van der Waals surface area contributed by atoms with Gasteiger partial charge in [0, 0.05) is 32.9 Å². The number of aryl methyl sites for hydroxylation is 1. The van der Waals surface area contributed by atoms with E-state index in [1.54, 1.807) is 0 Å². The molecule has 0 aliphatic heterocycles. The summed E-state index contributed by atoms with van der Waals surface area (Å²) >= 11 is 0. The third kappa shape index (κ3) is 3.35. The summed E-state index contributed by atoms with van der Waals surface area (Å²) in [6.07, 6.45) is 0. The van der Waals surface area contributed by atoms with E-state index in [0.717, 1.165) is 0 Å². The second kappa shape index (κ2) is 8.47. The molecule has 2 aromatic heterocycles. The number of hydrogen-bond acceptors (Lipinski definition) is 0. The third-order valence-corrected chi connectivity index (χ3v) is 7.95. The van der Waals surface area contributed by atoms with Crippen LogP contribution in [0.5, 0.6) is 0 Å². The molecule has 2 nitrogen and oxygen atoms in total. The van der Waals surface area contributed by atoms with Gasteiger partial charge in [-0.15, -0.1) is 0 Å². The first-order chi connectivity index (χ1) is 19.3. The molecule has 0 unspecified atom stereocenters. The average molecular weight is 499 g/mol. The van der Waals surface area contributed by atoms with Crippen LogP contribution in [0.1, 0.15) is 5.56 Å². The molecule has 2 heterocycles. The van der Waals surface area contributed by atoms with Crippen LogP contribution < -0.4 is 0 Å². The highest BCUT2D eigenvalue weighted by molar-refractivity contribution is 6.10. The van der Waals surface area contributed by atoms with Crippen molar-refractivity contribution in [1.29, 1.82) is 0 Å².